The molecule has 2 rings (SSSR count). The first-order valence-corrected chi connectivity index (χ1v) is 11.4. The molecular formula is C22H25ClN2O5S. The van der Waals surface area contributed by atoms with Gasteiger partial charge in [-0.15, -0.1) is 6.58 Å². The summed E-state index contributed by atoms with van der Waals surface area (Å²) in [4.78, 5) is 24.1. The van der Waals surface area contributed by atoms with E-state index in [-0.39, 0.29) is 27.9 Å². The first-order valence-electron chi connectivity index (χ1n) is 9.59. The van der Waals surface area contributed by atoms with Gasteiger partial charge in [0, 0.05) is 6.54 Å². The van der Waals surface area contributed by atoms with Crippen molar-refractivity contribution in [2.24, 2.45) is 5.92 Å². The fraction of sp³-hybridized carbons (Fsp3) is 0.273. The summed E-state index contributed by atoms with van der Waals surface area (Å²) in [5.74, 6) is -1.10. The highest BCUT2D eigenvalue weighted by Crippen LogP contribution is 2.27. The van der Waals surface area contributed by atoms with Crippen molar-refractivity contribution in [1.82, 2.24) is 5.32 Å². The van der Waals surface area contributed by atoms with Crippen molar-refractivity contribution in [2.75, 3.05) is 24.0 Å². The number of ether oxygens (including phenoxy) is 1. The van der Waals surface area contributed by atoms with Gasteiger partial charge in [-0.05, 0) is 36.2 Å². The lowest BCUT2D eigenvalue weighted by molar-refractivity contribution is -0.124. The van der Waals surface area contributed by atoms with Gasteiger partial charge in [0.15, 0.2) is 6.61 Å². The van der Waals surface area contributed by atoms with Gasteiger partial charge < -0.3 is 10.1 Å². The van der Waals surface area contributed by atoms with Gasteiger partial charge in [-0.3, -0.25) is 9.10 Å². The minimum atomic E-state index is -4.02. The van der Waals surface area contributed by atoms with Crippen LogP contribution in [-0.4, -0.2) is 40.0 Å². The molecule has 0 heterocycles. The highest BCUT2D eigenvalue weighted by atomic mass is 35.5. The molecule has 0 aromatic heterocycles. The minimum Gasteiger partial charge on any atom is -0.452 e. The molecule has 2 aromatic carbocycles. The molecule has 0 unspecified atom stereocenters. The van der Waals surface area contributed by atoms with E-state index in [2.05, 4.69) is 11.9 Å². The molecule has 1 N–H and O–H groups in total. The monoisotopic (exact) mass is 464 g/mol. The maximum Gasteiger partial charge on any atom is 0.340 e. The van der Waals surface area contributed by atoms with Gasteiger partial charge in [-0.25, -0.2) is 13.2 Å². The van der Waals surface area contributed by atoms with Crippen molar-refractivity contribution in [3.8, 4) is 0 Å². The topological polar surface area (TPSA) is 92.8 Å². The van der Waals surface area contributed by atoms with Crippen LogP contribution in [0.2, 0.25) is 5.02 Å². The van der Waals surface area contributed by atoms with Crippen molar-refractivity contribution >= 4 is 39.2 Å². The van der Waals surface area contributed by atoms with Crippen molar-refractivity contribution in [2.45, 2.75) is 18.7 Å². The molecule has 0 aliphatic carbocycles. The largest absolute Gasteiger partial charge is 0.452 e. The predicted octanol–water partition coefficient (Wildman–Crippen LogP) is 3.65. The third kappa shape index (κ3) is 6.57. The SMILES string of the molecule is C=CCN(c1ccccc1)S(=O)(=O)c1ccc(Cl)c(C(=O)OCC(=O)NCC(C)C)c1. The van der Waals surface area contributed by atoms with Gasteiger partial charge in [0.1, 0.15) is 0 Å². The number of hydrogen-bond acceptors (Lipinski definition) is 5. The summed E-state index contributed by atoms with van der Waals surface area (Å²) in [6, 6.07) is 12.3. The highest BCUT2D eigenvalue weighted by Gasteiger charge is 2.26. The summed E-state index contributed by atoms with van der Waals surface area (Å²) in [5.41, 5.74) is 0.300. The van der Waals surface area contributed by atoms with E-state index in [9.17, 15) is 18.0 Å². The van der Waals surface area contributed by atoms with Gasteiger partial charge in [0.05, 0.1) is 27.7 Å². The molecule has 0 aliphatic heterocycles. The van der Waals surface area contributed by atoms with E-state index in [0.717, 1.165) is 10.4 Å². The van der Waals surface area contributed by atoms with Crippen molar-refractivity contribution in [1.29, 1.82) is 0 Å². The lowest BCUT2D eigenvalue weighted by atomic mass is 10.2. The summed E-state index contributed by atoms with van der Waals surface area (Å²) in [6.07, 6.45) is 1.46. The Morgan fingerprint density at radius 2 is 1.87 bits per heavy atom. The fourth-order valence-corrected chi connectivity index (χ4v) is 4.24. The number of benzene rings is 2. The number of para-hydroxylation sites is 1. The number of hydrogen-bond donors (Lipinski definition) is 1. The Kier molecular flexibility index (Phi) is 8.65. The zero-order valence-electron chi connectivity index (χ0n) is 17.4. The Morgan fingerprint density at radius 3 is 2.48 bits per heavy atom. The predicted molar refractivity (Wildman–Crippen MR) is 121 cm³/mol. The third-order valence-electron chi connectivity index (χ3n) is 4.13. The van der Waals surface area contributed by atoms with E-state index < -0.39 is 28.5 Å². The Morgan fingerprint density at radius 1 is 1.19 bits per heavy atom. The molecule has 0 fully saturated rings. The number of carbonyl (C=O) groups excluding carboxylic acids is 2. The van der Waals surface area contributed by atoms with E-state index in [0.29, 0.717) is 12.2 Å². The van der Waals surface area contributed by atoms with Crippen LogP contribution >= 0.6 is 11.6 Å². The van der Waals surface area contributed by atoms with Gasteiger partial charge in [0.25, 0.3) is 15.9 Å². The summed E-state index contributed by atoms with van der Waals surface area (Å²) >= 11 is 6.09. The zero-order chi connectivity index (χ0) is 23.0. The molecule has 2 aromatic rings. The molecule has 1 amide bonds. The molecule has 0 spiro atoms. The van der Waals surface area contributed by atoms with Gasteiger partial charge in [-0.1, -0.05) is 49.7 Å². The van der Waals surface area contributed by atoms with E-state index in [1.54, 1.807) is 30.3 Å². The van der Waals surface area contributed by atoms with E-state index in [4.69, 9.17) is 16.3 Å². The van der Waals surface area contributed by atoms with Crippen LogP contribution in [0.5, 0.6) is 0 Å². The molecule has 0 aliphatic rings. The van der Waals surface area contributed by atoms with Crippen LogP contribution in [-0.2, 0) is 19.6 Å². The second-order valence-electron chi connectivity index (χ2n) is 7.08. The van der Waals surface area contributed by atoms with Gasteiger partial charge in [-0.2, -0.15) is 0 Å². The van der Waals surface area contributed by atoms with Crippen LogP contribution in [0.3, 0.4) is 0 Å². The maximum absolute atomic E-state index is 13.2. The molecule has 7 nitrogen and oxygen atoms in total. The van der Waals surface area contributed by atoms with E-state index in [1.165, 1.54) is 18.2 Å². The molecule has 9 heteroatoms. The van der Waals surface area contributed by atoms with E-state index in [1.807, 2.05) is 13.8 Å². The molecule has 0 radical (unpaired) electrons. The Hall–Kier alpha value is -2.84. The number of sulfonamides is 1. The average Bonchev–Trinajstić information content (AvgIpc) is 2.74. The lowest BCUT2D eigenvalue weighted by Crippen LogP contribution is -2.32. The van der Waals surface area contributed by atoms with Crippen LogP contribution in [0.1, 0.15) is 24.2 Å². The average molecular weight is 465 g/mol. The quantitative estimate of drug-likeness (QED) is 0.428. The van der Waals surface area contributed by atoms with Gasteiger partial charge in [0.2, 0.25) is 0 Å². The first-order chi connectivity index (χ1) is 14.7. The standard InChI is InChI=1S/C22H25ClN2O5S/c1-4-12-25(17-8-6-5-7-9-17)31(28,29)18-10-11-20(23)19(13-18)22(27)30-15-21(26)24-14-16(2)3/h4-11,13,16H,1,12,14-15H2,2-3H3,(H,24,26). The highest BCUT2D eigenvalue weighted by molar-refractivity contribution is 7.92. The molecule has 31 heavy (non-hydrogen) atoms. The molecule has 0 atom stereocenters. The molecule has 166 valence electrons. The smallest absolute Gasteiger partial charge is 0.340 e. The number of carbonyl (C=O) groups is 2. The summed E-state index contributed by atoms with van der Waals surface area (Å²) in [7, 11) is -4.02. The molecule has 0 saturated heterocycles. The Bertz CT molecular complexity index is 1040. The molecule has 0 bridgehead atoms. The van der Waals surface area contributed by atoms with Crippen LogP contribution in [0.15, 0.2) is 66.1 Å². The number of esters is 1. The minimum absolute atomic E-state index is 0.0153. The van der Waals surface area contributed by atoms with E-state index >= 15 is 0 Å². The maximum atomic E-state index is 13.2. The number of halogens is 1. The van der Waals surface area contributed by atoms with Crippen molar-refractivity contribution in [3.63, 3.8) is 0 Å². The van der Waals surface area contributed by atoms with Crippen LogP contribution in [0.4, 0.5) is 5.69 Å². The molecular weight excluding hydrogens is 440 g/mol. The lowest BCUT2D eigenvalue weighted by Gasteiger charge is -2.23. The Balaban J connectivity index is 2.27. The number of anilines is 1. The van der Waals surface area contributed by atoms with Gasteiger partial charge >= 0.3 is 5.97 Å². The van der Waals surface area contributed by atoms with Crippen LogP contribution < -0.4 is 9.62 Å². The van der Waals surface area contributed by atoms with Crippen LogP contribution in [0, 0.1) is 5.92 Å². The second-order valence-corrected chi connectivity index (χ2v) is 9.35. The Labute approximate surface area is 187 Å². The van der Waals surface area contributed by atoms with Crippen molar-refractivity contribution < 1.29 is 22.7 Å². The molecule has 0 saturated carbocycles. The number of nitrogens with one attached hydrogen (secondary N) is 1. The summed E-state index contributed by atoms with van der Waals surface area (Å²) in [6.45, 7) is 7.47. The fourth-order valence-electron chi connectivity index (χ4n) is 2.58. The number of nitrogens with zero attached hydrogens (tertiary/aromatic N) is 1. The normalized spacial score (nSPS) is 11.1. The van der Waals surface area contributed by atoms with Crippen molar-refractivity contribution in [3.05, 3.63) is 71.8 Å². The second kappa shape index (κ2) is 11.0. The number of amides is 1. The third-order valence-corrected chi connectivity index (χ3v) is 6.25. The zero-order valence-corrected chi connectivity index (χ0v) is 18.9. The summed E-state index contributed by atoms with van der Waals surface area (Å²) in [5, 5.41) is 2.64. The first kappa shape index (κ1) is 24.4. The number of rotatable bonds is 10. The van der Waals surface area contributed by atoms with Crippen LogP contribution in [0.25, 0.3) is 0 Å². The summed E-state index contributed by atoms with van der Waals surface area (Å²) < 4.78 is 32.7.